The van der Waals surface area contributed by atoms with E-state index in [-0.39, 0.29) is 0 Å². The zero-order valence-corrected chi connectivity index (χ0v) is 10.6. The molecule has 0 unspecified atom stereocenters. The fraction of sp³-hybridized carbons (Fsp3) is 0.182. The van der Waals surface area contributed by atoms with Gasteiger partial charge in [0, 0.05) is 11.9 Å². The molecule has 0 amide bonds. The van der Waals surface area contributed by atoms with Crippen molar-refractivity contribution in [1.82, 2.24) is 19.9 Å². The smallest absolute Gasteiger partial charge is 0.226 e. The number of aromatic amines is 1. The third-order valence-electron chi connectivity index (χ3n) is 2.40. The average molecular weight is 260 g/mol. The van der Waals surface area contributed by atoms with Crippen molar-refractivity contribution < 1.29 is 0 Å². The molecule has 0 aromatic carbocycles. The predicted octanol–water partition coefficient (Wildman–Crippen LogP) is 2.59. The first kappa shape index (κ1) is 11.0. The van der Waals surface area contributed by atoms with Crippen molar-refractivity contribution in [2.75, 3.05) is 17.2 Å². The maximum atomic E-state index is 4.44. The summed E-state index contributed by atoms with van der Waals surface area (Å²) in [6.45, 7) is 2.78. The van der Waals surface area contributed by atoms with Crippen LogP contribution in [0.3, 0.4) is 0 Å². The van der Waals surface area contributed by atoms with E-state index in [4.69, 9.17) is 0 Å². The van der Waals surface area contributed by atoms with Crippen molar-refractivity contribution in [3.63, 3.8) is 0 Å². The molecule has 0 radical (unpaired) electrons. The zero-order chi connectivity index (χ0) is 12.4. The van der Waals surface area contributed by atoms with Crippen LogP contribution in [0.15, 0.2) is 23.2 Å². The van der Waals surface area contributed by atoms with Gasteiger partial charge in [-0.2, -0.15) is 21.3 Å². The topological polar surface area (TPSA) is 78.5 Å². The van der Waals surface area contributed by atoms with Crippen molar-refractivity contribution in [3.05, 3.63) is 23.2 Å². The molecule has 3 heterocycles. The molecule has 0 aliphatic rings. The summed E-state index contributed by atoms with van der Waals surface area (Å²) in [7, 11) is 0. The van der Waals surface area contributed by atoms with Gasteiger partial charge in [-0.05, 0) is 18.4 Å². The summed E-state index contributed by atoms with van der Waals surface area (Å²) in [6.07, 6.45) is 1.62. The molecule has 3 aromatic heterocycles. The summed E-state index contributed by atoms with van der Waals surface area (Å²) in [5.74, 6) is 1.31. The Morgan fingerprint density at radius 3 is 3.11 bits per heavy atom. The highest BCUT2D eigenvalue weighted by atomic mass is 32.1. The van der Waals surface area contributed by atoms with E-state index >= 15 is 0 Å². The van der Waals surface area contributed by atoms with E-state index in [1.807, 2.05) is 23.8 Å². The van der Waals surface area contributed by atoms with Crippen LogP contribution < -0.4 is 10.6 Å². The summed E-state index contributed by atoms with van der Waals surface area (Å²) in [5, 5.41) is 10.4. The summed E-state index contributed by atoms with van der Waals surface area (Å²) in [5.41, 5.74) is 2.47. The number of hydrogen-bond donors (Lipinski definition) is 3. The van der Waals surface area contributed by atoms with E-state index in [2.05, 4.69) is 30.6 Å². The van der Waals surface area contributed by atoms with E-state index in [1.165, 1.54) is 0 Å². The van der Waals surface area contributed by atoms with Gasteiger partial charge in [0.1, 0.15) is 5.52 Å². The van der Waals surface area contributed by atoms with E-state index < -0.39 is 0 Å². The van der Waals surface area contributed by atoms with Gasteiger partial charge < -0.3 is 15.6 Å². The van der Waals surface area contributed by atoms with Gasteiger partial charge in [-0.1, -0.05) is 0 Å². The van der Waals surface area contributed by atoms with Crippen molar-refractivity contribution in [1.29, 1.82) is 0 Å². The van der Waals surface area contributed by atoms with Crippen molar-refractivity contribution in [3.8, 4) is 0 Å². The minimum Gasteiger partial charge on any atom is -0.354 e. The second kappa shape index (κ2) is 4.61. The normalized spacial score (nSPS) is 10.7. The first-order valence-corrected chi connectivity index (χ1v) is 6.55. The summed E-state index contributed by atoms with van der Waals surface area (Å²) in [6, 6.07) is 2.00. The summed E-state index contributed by atoms with van der Waals surface area (Å²) < 4.78 is 0. The van der Waals surface area contributed by atoms with Crippen LogP contribution in [-0.2, 0) is 0 Å². The Labute approximate surface area is 108 Å². The van der Waals surface area contributed by atoms with Crippen LogP contribution >= 0.6 is 11.3 Å². The lowest BCUT2D eigenvalue weighted by atomic mass is 10.4. The Hall–Kier alpha value is -2.15. The molecule has 0 saturated carbocycles. The molecule has 0 saturated heterocycles. The highest BCUT2D eigenvalue weighted by Crippen LogP contribution is 2.23. The second-order valence-electron chi connectivity index (χ2n) is 3.66. The third-order valence-corrected chi connectivity index (χ3v) is 3.09. The molecule has 0 aliphatic heterocycles. The fourth-order valence-corrected chi connectivity index (χ4v) is 2.22. The van der Waals surface area contributed by atoms with E-state index in [0.29, 0.717) is 11.6 Å². The molecule has 3 aromatic rings. The van der Waals surface area contributed by atoms with E-state index in [9.17, 15) is 0 Å². The maximum absolute atomic E-state index is 4.44. The SMILES string of the molecule is CCNc1nc(Nc2ccsc2)c2[nH]cnc2n1. The van der Waals surface area contributed by atoms with Gasteiger partial charge in [0.2, 0.25) is 5.95 Å². The van der Waals surface area contributed by atoms with Crippen LogP contribution in [0, 0.1) is 0 Å². The Morgan fingerprint density at radius 1 is 1.39 bits per heavy atom. The number of H-pyrrole nitrogens is 1. The molecule has 18 heavy (non-hydrogen) atoms. The minimum absolute atomic E-state index is 0.579. The van der Waals surface area contributed by atoms with Crippen LogP contribution in [-0.4, -0.2) is 26.5 Å². The molecule has 0 atom stereocenters. The number of rotatable bonds is 4. The van der Waals surface area contributed by atoms with Crippen LogP contribution in [0.25, 0.3) is 11.2 Å². The number of imidazole rings is 1. The maximum Gasteiger partial charge on any atom is 0.226 e. The Balaban J connectivity index is 2.04. The largest absolute Gasteiger partial charge is 0.354 e. The van der Waals surface area contributed by atoms with Crippen molar-refractivity contribution in [2.45, 2.75) is 6.92 Å². The lowest BCUT2D eigenvalue weighted by Crippen LogP contribution is -2.04. The highest BCUT2D eigenvalue weighted by Gasteiger charge is 2.09. The fourth-order valence-electron chi connectivity index (χ4n) is 1.63. The Kier molecular flexibility index (Phi) is 2.81. The van der Waals surface area contributed by atoms with Gasteiger partial charge in [0.15, 0.2) is 11.5 Å². The third kappa shape index (κ3) is 2.00. The second-order valence-corrected chi connectivity index (χ2v) is 4.44. The number of thiophene rings is 1. The van der Waals surface area contributed by atoms with E-state index in [0.717, 1.165) is 23.6 Å². The molecule has 92 valence electrons. The Bertz CT molecular complexity index is 645. The molecular formula is C11H12N6S. The monoisotopic (exact) mass is 260 g/mol. The first-order valence-electron chi connectivity index (χ1n) is 5.61. The van der Waals surface area contributed by atoms with Gasteiger partial charge in [-0.25, -0.2) is 4.98 Å². The molecule has 7 heteroatoms. The summed E-state index contributed by atoms with van der Waals surface area (Å²) in [4.78, 5) is 16.0. The van der Waals surface area contributed by atoms with Gasteiger partial charge in [0.25, 0.3) is 0 Å². The zero-order valence-electron chi connectivity index (χ0n) is 9.77. The number of fused-ring (bicyclic) bond motifs is 1. The molecule has 0 bridgehead atoms. The van der Waals surface area contributed by atoms with Crippen LogP contribution in [0.5, 0.6) is 0 Å². The molecule has 3 N–H and O–H groups in total. The molecule has 0 aliphatic carbocycles. The van der Waals surface area contributed by atoms with Gasteiger partial charge in [0.05, 0.1) is 12.0 Å². The molecule has 6 nitrogen and oxygen atoms in total. The van der Waals surface area contributed by atoms with Crippen LogP contribution in [0.1, 0.15) is 6.92 Å². The molecule has 3 rings (SSSR count). The average Bonchev–Trinajstić information content (AvgIpc) is 2.99. The lowest BCUT2D eigenvalue weighted by Gasteiger charge is -2.07. The number of anilines is 3. The molecule has 0 spiro atoms. The first-order chi connectivity index (χ1) is 8.86. The summed E-state index contributed by atoms with van der Waals surface area (Å²) >= 11 is 1.63. The van der Waals surface area contributed by atoms with Crippen molar-refractivity contribution >= 4 is 40.0 Å². The lowest BCUT2D eigenvalue weighted by molar-refractivity contribution is 1.10. The van der Waals surface area contributed by atoms with Crippen LogP contribution in [0.2, 0.25) is 0 Å². The Morgan fingerprint density at radius 2 is 2.33 bits per heavy atom. The standard InChI is InChI=1S/C11H12N6S/c1-2-12-11-16-9-8(13-6-14-9)10(17-11)15-7-3-4-18-5-7/h3-6H,2H2,1H3,(H3,12,13,14,15,16,17). The van der Waals surface area contributed by atoms with Gasteiger partial charge >= 0.3 is 0 Å². The number of hydrogen-bond acceptors (Lipinski definition) is 6. The van der Waals surface area contributed by atoms with Crippen LogP contribution in [0.4, 0.5) is 17.5 Å². The van der Waals surface area contributed by atoms with Crippen molar-refractivity contribution in [2.24, 2.45) is 0 Å². The molecule has 0 fully saturated rings. The highest BCUT2D eigenvalue weighted by molar-refractivity contribution is 7.08. The number of nitrogens with zero attached hydrogens (tertiary/aromatic N) is 3. The number of nitrogens with one attached hydrogen (secondary N) is 3. The predicted molar refractivity (Wildman–Crippen MR) is 73.4 cm³/mol. The quantitative estimate of drug-likeness (QED) is 0.672. The van der Waals surface area contributed by atoms with E-state index in [1.54, 1.807) is 17.7 Å². The number of aromatic nitrogens is 4. The van der Waals surface area contributed by atoms with Gasteiger partial charge in [-0.15, -0.1) is 0 Å². The molecular weight excluding hydrogens is 248 g/mol. The van der Waals surface area contributed by atoms with Gasteiger partial charge in [-0.3, -0.25) is 0 Å². The minimum atomic E-state index is 0.579.